The van der Waals surface area contributed by atoms with Crippen molar-refractivity contribution in [2.24, 2.45) is 11.3 Å². The van der Waals surface area contributed by atoms with Gasteiger partial charge in [0.05, 0.1) is 0 Å². The Balaban J connectivity index is 2.15. The maximum Gasteiger partial charge on any atom is 0.122 e. The maximum atomic E-state index is 13.4. The fourth-order valence-corrected chi connectivity index (χ4v) is 11.2. The van der Waals surface area contributed by atoms with Gasteiger partial charge in [-0.15, -0.1) is 0 Å². The van der Waals surface area contributed by atoms with Crippen LogP contribution in [0.15, 0.2) is 36.4 Å². The van der Waals surface area contributed by atoms with E-state index in [2.05, 4.69) is 111 Å². The molecule has 1 unspecified atom stereocenters. The summed E-state index contributed by atoms with van der Waals surface area (Å²) in [7, 11) is -1.52. The van der Waals surface area contributed by atoms with Crippen molar-refractivity contribution in [3.8, 4) is 0 Å². The Morgan fingerprint density at radius 1 is 0.788 bits per heavy atom. The van der Waals surface area contributed by atoms with Crippen LogP contribution in [-0.2, 0) is 5.60 Å². The topological polar surface area (TPSA) is 20.2 Å². The minimum atomic E-state index is -1.52. The second-order valence-corrected chi connectivity index (χ2v) is 18.6. The molecule has 0 aromatic heterocycles. The van der Waals surface area contributed by atoms with Crippen molar-refractivity contribution in [3.63, 3.8) is 0 Å². The largest absolute Gasteiger partial charge is 0.380 e. The van der Waals surface area contributed by atoms with Crippen molar-refractivity contribution in [3.05, 3.63) is 69.8 Å². The zero-order chi connectivity index (χ0) is 24.7. The number of benzene rings is 2. The molecule has 0 amide bonds. The van der Waals surface area contributed by atoms with Crippen LogP contribution in [0.1, 0.15) is 112 Å². The Bertz CT molecular complexity index is 1030. The maximum absolute atomic E-state index is 13.4. The summed E-state index contributed by atoms with van der Waals surface area (Å²) in [5, 5.41) is 13.4. The molecule has 2 aromatic carbocycles. The van der Waals surface area contributed by atoms with E-state index in [4.69, 9.17) is 0 Å². The van der Waals surface area contributed by atoms with Crippen LogP contribution in [0, 0.1) is 11.3 Å². The van der Waals surface area contributed by atoms with Gasteiger partial charge in [0.15, 0.2) is 0 Å². The van der Waals surface area contributed by atoms with E-state index in [0.29, 0.717) is 35.1 Å². The van der Waals surface area contributed by atoms with Crippen LogP contribution >= 0.6 is 0 Å². The minimum Gasteiger partial charge on any atom is -0.380 e. The van der Waals surface area contributed by atoms with E-state index >= 15 is 0 Å². The summed E-state index contributed by atoms with van der Waals surface area (Å²) in [4.78, 5) is 0. The van der Waals surface area contributed by atoms with Crippen LogP contribution in [0.2, 0.25) is 25.2 Å². The molecular formula is C31H46OSi. The molecule has 1 nitrogen and oxygen atoms in total. The molecule has 1 fully saturated rings. The Morgan fingerprint density at radius 3 is 1.73 bits per heavy atom. The first-order chi connectivity index (χ1) is 15.2. The van der Waals surface area contributed by atoms with Crippen molar-refractivity contribution in [2.75, 3.05) is 0 Å². The van der Waals surface area contributed by atoms with Crippen LogP contribution in [0.3, 0.4) is 0 Å². The van der Waals surface area contributed by atoms with Crippen LogP contribution in [0.4, 0.5) is 0 Å². The summed E-state index contributed by atoms with van der Waals surface area (Å²) >= 11 is 0. The highest BCUT2D eigenvalue weighted by Gasteiger charge is 2.82. The summed E-state index contributed by atoms with van der Waals surface area (Å²) in [6.45, 7) is 26.1. The van der Waals surface area contributed by atoms with E-state index in [9.17, 15) is 5.11 Å². The lowest BCUT2D eigenvalue weighted by Gasteiger charge is -2.44. The molecule has 4 atom stereocenters. The van der Waals surface area contributed by atoms with Gasteiger partial charge in [0.1, 0.15) is 5.60 Å². The van der Waals surface area contributed by atoms with Crippen molar-refractivity contribution in [1.29, 1.82) is 0 Å². The van der Waals surface area contributed by atoms with Crippen molar-refractivity contribution in [2.45, 2.75) is 110 Å². The molecule has 0 aliphatic heterocycles. The average Bonchev–Trinajstić information content (AvgIpc) is 3.39. The summed E-state index contributed by atoms with van der Waals surface area (Å²) < 4.78 is 0. The highest BCUT2D eigenvalue weighted by atomic mass is 28.3. The molecule has 33 heavy (non-hydrogen) atoms. The second-order valence-electron chi connectivity index (χ2n) is 13.2. The number of rotatable bonds is 6. The Labute approximate surface area is 204 Å². The minimum absolute atomic E-state index is 0.117. The smallest absolute Gasteiger partial charge is 0.122 e. The molecule has 0 bridgehead atoms. The SMILES string of the molecule is CC(C)c1cc(C(C)C)c([C@@]2(O)c3ccccc3C3[C@@H]([Si](C)(C)C)[C@@]32C(C)C)c(C(C)C)c1. The number of aliphatic hydroxyl groups is 1. The van der Waals surface area contributed by atoms with E-state index in [1.807, 2.05) is 0 Å². The fourth-order valence-electron chi connectivity index (χ4n) is 7.70. The lowest BCUT2D eigenvalue weighted by Crippen LogP contribution is -2.45. The highest BCUT2D eigenvalue weighted by molar-refractivity contribution is 6.79. The lowest BCUT2D eigenvalue weighted by molar-refractivity contribution is -0.0179. The van der Waals surface area contributed by atoms with E-state index < -0.39 is 13.7 Å². The van der Waals surface area contributed by atoms with E-state index in [1.54, 1.807) is 0 Å². The van der Waals surface area contributed by atoms with Gasteiger partial charge in [-0.3, -0.25) is 0 Å². The van der Waals surface area contributed by atoms with Gasteiger partial charge in [0.25, 0.3) is 0 Å². The number of fused-ring (bicyclic) bond motifs is 3. The van der Waals surface area contributed by atoms with Crippen molar-refractivity contribution < 1.29 is 5.11 Å². The van der Waals surface area contributed by atoms with Crippen LogP contribution in [0.25, 0.3) is 0 Å². The first-order valence-corrected chi connectivity index (χ1v) is 16.8. The summed E-state index contributed by atoms with van der Waals surface area (Å²) in [5.74, 6) is 2.07. The Kier molecular flexibility index (Phi) is 5.86. The van der Waals surface area contributed by atoms with E-state index in [0.717, 1.165) is 0 Å². The molecule has 1 N–H and O–H groups in total. The molecule has 2 aliphatic rings. The molecule has 2 heteroatoms. The first kappa shape index (κ1) is 24.7. The monoisotopic (exact) mass is 462 g/mol. The molecule has 4 rings (SSSR count). The number of hydrogen-bond acceptors (Lipinski definition) is 1. The first-order valence-electron chi connectivity index (χ1n) is 13.2. The molecule has 2 aliphatic carbocycles. The molecule has 0 saturated heterocycles. The Morgan fingerprint density at radius 2 is 1.30 bits per heavy atom. The predicted octanol–water partition coefficient (Wildman–Crippen LogP) is 8.75. The summed E-state index contributed by atoms with van der Waals surface area (Å²) in [6.07, 6.45) is 0. The third kappa shape index (κ3) is 3.19. The molecular weight excluding hydrogens is 416 g/mol. The second kappa shape index (κ2) is 7.82. The lowest BCUT2D eigenvalue weighted by atomic mass is 9.66. The standard InChI is InChI=1S/C31H46OSi/c1-18(2)22-16-24(19(3)4)27(25(17-22)20(5)6)31(32)26-15-13-12-14-23(26)28-29(33(9,10)11)30(28,31)21(7)8/h12-21,28-29,32H,1-11H3/t28?,29-,30-,31+/m1/s1. The number of hydrogen-bond donors (Lipinski definition) is 1. The zero-order valence-corrected chi connectivity index (χ0v) is 23.9. The van der Waals surface area contributed by atoms with Gasteiger partial charge >= 0.3 is 0 Å². The molecule has 0 heterocycles. The molecule has 0 radical (unpaired) electrons. The zero-order valence-electron chi connectivity index (χ0n) is 22.9. The molecule has 1 saturated carbocycles. The van der Waals surface area contributed by atoms with Crippen molar-refractivity contribution >= 4 is 8.07 Å². The van der Waals surface area contributed by atoms with Crippen LogP contribution in [-0.4, -0.2) is 13.2 Å². The van der Waals surface area contributed by atoms with E-state index in [-0.39, 0.29) is 5.41 Å². The third-order valence-corrected chi connectivity index (χ3v) is 11.6. The molecule has 180 valence electrons. The highest BCUT2D eigenvalue weighted by Crippen LogP contribution is 2.87. The van der Waals surface area contributed by atoms with Crippen LogP contribution < -0.4 is 0 Å². The van der Waals surface area contributed by atoms with Crippen molar-refractivity contribution in [1.82, 2.24) is 0 Å². The third-order valence-electron chi connectivity index (χ3n) is 8.95. The van der Waals surface area contributed by atoms with Gasteiger partial charge in [0, 0.05) is 13.5 Å². The molecule has 0 spiro atoms. The fraction of sp³-hybridized carbons (Fsp3) is 0.613. The van der Waals surface area contributed by atoms with E-state index in [1.165, 1.54) is 33.4 Å². The quantitative estimate of drug-likeness (QED) is 0.425. The summed E-state index contributed by atoms with van der Waals surface area (Å²) in [6, 6.07) is 13.7. The molecule has 2 aromatic rings. The average molecular weight is 463 g/mol. The summed E-state index contributed by atoms with van der Waals surface area (Å²) in [5.41, 5.74) is 7.46. The van der Waals surface area contributed by atoms with Gasteiger partial charge in [-0.05, 0) is 68.5 Å². The Hall–Kier alpha value is -1.38. The van der Waals surface area contributed by atoms with Gasteiger partial charge < -0.3 is 5.11 Å². The van der Waals surface area contributed by atoms with Crippen LogP contribution in [0.5, 0.6) is 0 Å². The van der Waals surface area contributed by atoms with Gasteiger partial charge in [-0.25, -0.2) is 0 Å². The van der Waals surface area contributed by atoms with Gasteiger partial charge in [-0.2, -0.15) is 0 Å². The van der Waals surface area contributed by atoms with Gasteiger partial charge in [-0.1, -0.05) is 111 Å². The predicted molar refractivity (Wildman–Crippen MR) is 145 cm³/mol. The van der Waals surface area contributed by atoms with Gasteiger partial charge in [0.2, 0.25) is 0 Å². The normalized spacial score (nSPS) is 28.7.